The Balaban J connectivity index is 2.01. The second-order valence-electron chi connectivity index (χ2n) is 3.08. The predicted octanol–water partition coefficient (Wildman–Crippen LogP) is 1.80. The van der Waals surface area contributed by atoms with Gasteiger partial charge in [0.1, 0.15) is 5.01 Å². The van der Waals surface area contributed by atoms with Crippen LogP contribution in [0.25, 0.3) is 0 Å². The highest BCUT2D eigenvalue weighted by atomic mass is 32.1. The molecule has 0 amide bonds. The van der Waals surface area contributed by atoms with Crippen molar-refractivity contribution < 1.29 is 0 Å². The molecule has 5 heteroatoms. The van der Waals surface area contributed by atoms with E-state index in [0.29, 0.717) is 0 Å². The molecule has 0 aliphatic heterocycles. The quantitative estimate of drug-likeness (QED) is 0.836. The van der Waals surface area contributed by atoms with Crippen molar-refractivity contribution in [2.75, 3.05) is 5.32 Å². The topological polar surface area (TPSA) is 42.7 Å². The molecule has 1 N–H and O–H groups in total. The van der Waals surface area contributed by atoms with Gasteiger partial charge in [0.15, 0.2) is 0 Å². The third-order valence-electron chi connectivity index (χ3n) is 1.93. The summed E-state index contributed by atoms with van der Waals surface area (Å²) in [6.45, 7) is 2.76. The number of thiazole rings is 1. The van der Waals surface area contributed by atoms with E-state index in [-0.39, 0.29) is 0 Å². The summed E-state index contributed by atoms with van der Waals surface area (Å²) in [6, 6.07) is 0. The highest BCUT2D eigenvalue weighted by molar-refractivity contribution is 7.09. The number of rotatable bonds is 3. The molecule has 0 saturated heterocycles. The maximum Gasteiger partial charge on any atom is 0.112 e. The van der Waals surface area contributed by atoms with E-state index in [1.54, 1.807) is 16.0 Å². The van der Waals surface area contributed by atoms with Gasteiger partial charge in [-0.05, 0) is 6.92 Å². The van der Waals surface area contributed by atoms with Crippen LogP contribution in [0.2, 0.25) is 0 Å². The first-order valence-corrected chi connectivity index (χ1v) is 5.26. The highest BCUT2D eigenvalue weighted by Crippen LogP contribution is 2.13. The summed E-state index contributed by atoms with van der Waals surface area (Å²) in [6.07, 6.45) is 3.79. The normalized spacial score (nSPS) is 10.4. The van der Waals surface area contributed by atoms with Gasteiger partial charge in [0.2, 0.25) is 0 Å². The maximum atomic E-state index is 4.25. The molecule has 0 unspecified atom stereocenters. The molecule has 0 saturated carbocycles. The number of nitrogens with one attached hydrogen (secondary N) is 1. The molecular formula is C9H12N4S. The Labute approximate surface area is 86.6 Å². The van der Waals surface area contributed by atoms with Crippen molar-refractivity contribution >= 4 is 17.0 Å². The molecule has 4 nitrogen and oxygen atoms in total. The summed E-state index contributed by atoms with van der Waals surface area (Å²) in [4.78, 5) is 4.20. The minimum atomic E-state index is 0.768. The van der Waals surface area contributed by atoms with Gasteiger partial charge in [0, 0.05) is 24.8 Å². The molecule has 0 radical (unpaired) electrons. The van der Waals surface area contributed by atoms with Crippen LogP contribution >= 0.6 is 11.3 Å². The Morgan fingerprint density at radius 1 is 1.57 bits per heavy atom. The first kappa shape index (κ1) is 9.21. The second-order valence-corrected chi connectivity index (χ2v) is 4.06. The van der Waals surface area contributed by atoms with Crippen LogP contribution in [-0.4, -0.2) is 14.8 Å². The van der Waals surface area contributed by atoms with Crippen LogP contribution in [0, 0.1) is 6.92 Å². The number of hydrogen-bond donors (Lipinski definition) is 1. The lowest BCUT2D eigenvalue weighted by atomic mass is 10.4. The molecule has 0 bridgehead atoms. The van der Waals surface area contributed by atoms with Crippen molar-refractivity contribution in [1.29, 1.82) is 0 Å². The van der Waals surface area contributed by atoms with Crippen LogP contribution in [0.5, 0.6) is 0 Å². The number of anilines is 1. The van der Waals surface area contributed by atoms with Crippen molar-refractivity contribution in [1.82, 2.24) is 14.8 Å². The van der Waals surface area contributed by atoms with Crippen LogP contribution in [0.1, 0.15) is 10.7 Å². The first-order chi connectivity index (χ1) is 6.75. The van der Waals surface area contributed by atoms with E-state index in [0.717, 1.165) is 22.9 Å². The van der Waals surface area contributed by atoms with Gasteiger partial charge in [-0.25, -0.2) is 4.98 Å². The van der Waals surface area contributed by atoms with Crippen molar-refractivity contribution in [2.45, 2.75) is 13.5 Å². The van der Waals surface area contributed by atoms with Crippen molar-refractivity contribution in [3.05, 3.63) is 28.5 Å². The molecule has 0 aliphatic rings. The number of hydrogen-bond acceptors (Lipinski definition) is 4. The predicted molar refractivity (Wildman–Crippen MR) is 57.4 cm³/mol. The van der Waals surface area contributed by atoms with Crippen LogP contribution in [0.15, 0.2) is 17.8 Å². The molecule has 2 heterocycles. The van der Waals surface area contributed by atoms with Gasteiger partial charge in [0.25, 0.3) is 0 Å². The number of nitrogens with zero attached hydrogens (tertiary/aromatic N) is 3. The molecule has 2 aromatic rings. The van der Waals surface area contributed by atoms with Crippen LogP contribution < -0.4 is 5.32 Å². The molecule has 0 aliphatic carbocycles. The van der Waals surface area contributed by atoms with Gasteiger partial charge in [0.05, 0.1) is 17.9 Å². The molecular weight excluding hydrogens is 196 g/mol. The zero-order valence-corrected chi connectivity index (χ0v) is 9.01. The fraction of sp³-hybridized carbons (Fsp3) is 0.333. The van der Waals surface area contributed by atoms with Gasteiger partial charge in [-0.2, -0.15) is 5.10 Å². The fourth-order valence-corrected chi connectivity index (χ4v) is 1.84. The minimum Gasteiger partial charge on any atom is -0.376 e. The molecule has 0 fully saturated rings. The molecule has 74 valence electrons. The van der Waals surface area contributed by atoms with Gasteiger partial charge in [-0.15, -0.1) is 11.3 Å². The summed E-state index contributed by atoms with van der Waals surface area (Å²) < 4.78 is 1.81. The van der Waals surface area contributed by atoms with Gasteiger partial charge in [-0.3, -0.25) is 4.68 Å². The summed E-state index contributed by atoms with van der Waals surface area (Å²) in [7, 11) is 1.92. The Kier molecular flexibility index (Phi) is 2.49. The summed E-state index contributed by atoms with van der Waals surface area (Å²) in [5.74, 6) is 0. The van der Waals surface area contributed by atoms with Gasteiger partial charge >= 0.3 is 0 Å². The van der Waals surface area contributed by atoms with E-state index in [4.69, 9.17) is 0 Å². The maximum absolute atomic E-state index is 4.25. The van der Waals surface area contributed by atoms with Gasteiger partial charge in [-0.1, -0.05) is 0 Å². The lowest BCUT2D eigenvalue weighted by Crippen LogP contribution is -1.98. The Morgan fingerprint density at radius 3 is 3.00 bits per heavy atom. The summed E-state index contributed by atoms with van der Waals surface area (Å²) >= 11 is 1.65. The second kappa shape index (κ2) is 3.79. The zero-order valence-electron chi connectivity index (χ0n) is 8.19. The van der Waals surface area contributed by atoms with E-state index in [1.165, 1.54) is 0 Å². The average molecular weight is 208 g/mol. The number of aryl methyl sites for hydroxylation is 2. The number of aromatic nitrogens is 3. The molecule has 14 heavy (non-hydrogen) atoms. The van der Waals surface area contributed by atoms with E-state index >= 15 is 0 Å². The lowest BCUT2D eigenvalue weighted by Gasteiger charge is -2.00. The fourth-order valence-electron chi connectivity index (χ4n) is 1.28. The molecule has 2 rings (SSSR count). The Morgan fingerprint density at radius 2 is 2.43 bits per heavy atom. The summed E-state index contributed by atoms with van der Waals surface area (Å²) in [5.41, 5.74) is 2.09. The minimum absolute atomic E-state index is 0.768. The molecule has 0 atom stereocenters. The standard InChI is InChI=1S/C9H12N4S/c1-7-8(6-13(2)12-7)11-5-9-10-3-4-14-9/h3-4,6,11H,5H2,1-2H3. The van der Waals surface area contributed by atoms with E-state index < -0.39 is 0 Å². The van der Waals surface area contributed by atoms with E-state index in [2.05, 4.69) is 15.4 Å². The smallest absolute Gasteiger partial charge is 0.112 e. The Bertz CT molecular complexity index is 404. The molecule has 2 aromatic heterocycles. The van der Waals surface area contributed by atoms with Crippen molar-refractivity contribution in [3.63, 3.8) is 0 Å². The van der Waals surface area contributed by atoms with E-state index in [9.17, 15) is 0 Å². The van der Waals surface area contributed by atoms with Crippen LogP contribution in [0.3, 0.4) is 0 Å². The lowest BCUT2D eigenvalue weighted by molar-refractivity contribution is 0.756. The van der Waals surface area contributed by atoms with E-state index in [1.807, 2.05) is 31.7 Å². The highest BCUT2D eigenvalue weighted by Gasteiger charge is 2.02. The largest absolute Gasteiger partial charge is 0.376 e. The summed E-state index contributed by atoms with van der Waals surface area (Å²) in [5, 5.41) is 10.6. The van der Waals surface area contributed by atoms with Crippen molar-refractivity contribution in [2.24, 2.45) is 7.05 Å². The average Bonchev–Trinajstić information content (AvgIpc) is 2.72. The zero-order chi connectivity index (χ0) is 9.97. The van der Waals surface area contributed by atoms with Crippen LogP contribution in [-0.2, 0) is 13.6 Å². The van der Waals surface area contributed by atoms with Crippen molar-refractivity contribution in [3.8, 4) is 0 Å². The van der Waals surface area contributed by atoms with Crippen LogP contribution in [0.4, 0.5) is 5.69 Å². The van der Waals surface area contributed by atoms with Gasteiger partial charge < -0.3 is 5.32 Å². The first-order valence-electron chi connectivity index (χ1n) is 4.38. The third-order valence-corrected chi connectivity index (χ3v) is 2.71. The SMILES string of the molecule is Cc1nn(C)cc1NCc1nccs1. The monoisotopic (exact) mass is 208 g/mol. The molecule has 0 aromatic carbocycles. The Hall–Kier alpha value is -1.36. The molecule has 0 spiro atoms. The third kappa shape index (κ3) is 1.93.